The van der Waals surface area contributed by atoms with Gasteiger partial charge in [-0.25, -0.2) is 0 Å². The minimum Gasteiger partial charge on any atom is -0.462 e. The smallest absolute Gasteiger partial charge is 0.302 e. The average Bonchev–Trinajstić information content (AvgIpc) is 2.27. The summed E-state index contributed by atoms with van der Waals surface area (Å²) in [6.45, 7) is 18.3. The third-order valence-electron chi connectivity index (χ3n) is 4.63. The molecule has 0 unspecified atom stereocenters. The van der Waals surface area contributed by atoms with Crippen LogP contribution in [0.2, 0.25) is 0 Å². The van der Waals surface area contributed by atoms with Crippen LogP contribution in [-0.4, -0.2) is 12.1 Å². The number of rotatable bonds is 4. The van der Waals surface area contributed by atoms with E-state index >= 15 is 0 Å². The van der Waals surface area contributed by atoms with Gasteiger partial charge in [0, 0.05) is 12.8 Å². The highest BCUT2D eigenvalue weighted by Gasteiger charge is 2.47. The fourth-order valence-corrected chi connectivity index (χ4v) is 3.55. The van der Waals surface area contributed by atoms with E-state index in [2.05, 4.69) is 33.9 Å². The van der Waals surface area contributed by atoms with Crippen LogP contribution in [0.1, 0.15) is 47.5 Å². The topological polar surface area (TPSA) is 26.3 Å². The highest BCUT2D eigenvalue weighted by Crippen LogP contribution is 2.50. The maximum atomic E-state index is 11.5. The SMILES string of the molecule is C=C[C@]1(C)CC[C@@H](C(C)C)[C@@H](OC(C)=O)[C@H]1C(=C)C. The van der Waals surface area contributed by atoms with Crippen LogP contribution in [0.4, 0.5) is 0 Å². The molecule has 2 nitrogen and oxygen atoms in total. The van der Waals surface area contributed by atoms with Crippen molar-refractivity contribution in [2.24, 2.45) is 23.2 Å². The molecule has 1 saturated carbocycles. The zero-order valence-electron chi connectivity index (χ0n) is 13.0. The molecule has 0 aromatic rings. The summed E-state index contributed by atoms with van der Waals surface area (Å²) in [6.07, 6.45) is 4.09. The molecule has 108 valence electrons. The second-order valence-corrected chi connectivity index (χ2v) is 6.55. The molecule has 0 aromatic heterocycles. The van der Waals surface area contributed by atoms with Gasteiger partial charge in [0.25, 0.3) is 0 Å². The summed E-state index contributed by atoms with van der Waals surface area (Å²) in [7, 11) is 0. The van der Waals surface area contributed by atoms with Crippen LogP contribution in [0, 0.1) is 23.2 Å². The van der Waals surface area contributed by atoms with Crippen molar-refractivity contribution in [1.82, 2.24) is 0 Å². The summed E-state index contributed by atoms with van der Waals surface area (Å²) in [5.41, 5.74) is 1.05. The largest absolute Gasteiger partial charge is 0.462 e. The summed E-state index contributed by atoms with van der Waals surface area (Å²) >= 11 is 0. The predicted molar refractivity (Wildman–Crippen MR) is 79.7 cm³/mol. The molecule has 1 aliphatic rings. The molecule has 0 amide bonds. The lowest BCUT2D eigenvalue weighted by molar-refractivity contribution is -0.159. The molecule has 19 heavy (non-hydrogen) atoms. The molecule has 1 aliphatic carbocycles. The standard InChI is InChI=1S/C17H28O2/c1-8-17(7)10-9-14(11(2)3)16(19-13(6)18)15(17)12(4)5/h8,11,14-16H,1,4,9-10H2,2-3,5-7H3/t14-,15+,16+,17+/m0/s1. The molecule has 0 saturated heterocycles. The first-order chi connectivity index (χ1) is 8.73. The summed E-state index contributed by atoms with van der Waals surface area (Å²) in [5.74, 6) is 0.865. The Morgan fingerprint density at radius 1 is 1.42 bits per heavy atom. The van der Waals surface area contributed by atoms with Crippen LogP contribution in [0.5, 0.6) is 0 Å². The molecule has 4 atom stereocenters. The fraction of sp³-hybridized carbons (Fsp3) is 0.706. The molecule has 0 N–H and O–H groups in total. The molecular weight excluding hydrogens is 236 g/mol. The van der Waals surface area contributed by atoms with Crippen molar-refractivity contribution >= 4 is 5.97 Å². The first-order valence-corrected chi connectivity index (χ1v) is 7.19. The van der Waals surface area contributed by atoms with Crippen LogP contribution < -0.4 is 0 Å². The normalized spacial score (nSPS) is 34.9. The first-order valence-electron chi connectivity index (χ1n) is 7.19. The van der Waals surface area contributed by atoms with E-state index in [0.29, 0.717) is 11.8 Å². The molecule has 0 aliphatic heterocycles. The van der Waals surface area contributed by atoms with Crippen LogP contribution in [0.15, 0.2) is 24.8 Å². The van der Waals surface area contributed by atoms with Gasteiger partial charge in [-0.05, 0) is 37.0 Å². The van der Waals surface area contributed by atoms with Gasteiger partial charge < -0.3 is 4.74 Å². The Kier molecular flexibility index (Phi) is 5.00. The van der Waals surface area contributed by atoms with Gasteiger partial charge in [-0.1, -0.05) is 39.0 Å². The van der Waals surface area contributed by atoms with Crippen LogP contribution in [0.3, 0.4) is 0 Å². The van der Waals surface area contributed by atoms with Crippen molar-refractivity contribution in [1.29, 1.82) is 0 Å². The Morgan fingerprint density at radius 2 is 2.00 bits per heavy atom. The van der Waals surface area contributed by atoms with E-state index in [4.69, 9.17) is 4.74 Å². The van der Waals surface area contributed by atoms with E-state index in [9.17, 15) is 4.79 Å². The number of carbonyl (C=O) groups excluding carboxylic acids is 1. The van der Waals surface area contributed by atoms with Crippen LogP contribution >= 0.6 is 0 Å². The van der Waals surface area contributed by atoms with Gasteiger partial charge in [-0.3, -0.25) is 4.79 Å². The molecule has 2 heteroatoms. The van der Waals surface area contributed by atoms with Gasteiger partial charge in [0.05, 0.1) is 0 Å². The summed E-state index contributed by atoms with van der Waals surface area (Å²) < 4.78 is 5.69. The van der Waals surface area contributed by atoms with Gasteiger partial charge in [0.1, 0.15) is 6.10 Å². The highest BCUT2D eigenvalue weighted by molar-refractivity contribution is 5.66. The number of esters is 1. The number of hydrogen-bond donors (Lipinski definition) is 0. The van der Waals surface area contributed by atoms with Crippen molar-refractivity contribution in [2.75, 3.05) is 0 Å². The number of carbonyl (C=O) groups is 1. The molecule has 0 spiro atoms. The Morgan fingerprint density at radius 3 is 2.37 bits per heavy atom. The van der Waals surface area contributed by atoms with Gasteiger partial charge in [-0.15, -0.1) is 6.58 Å². The third kappa shape index (κ3) is 3.29. The minimum atomic E-state index is -0.199. The van der Waals surface area contributed by atoms with Crippen LogP contribution in [0.25, 0.3) is 0 Å². The van der Waals surface area contributed by atoms with Crippen molar-refractivity contribution in [2.45, 2.75) is 53.6 Å². The number of ether oxygens (including phenoxy) is 1. The third-order valence-corrected chi connectivity index (χ3v) is 4.63. The second-order valence-electron chi connectivity index (χ2n) is 6.55. The fourth-order valence-electron chi connectivity index (χ4n) is 3.55. The number of hydrogen-bond acceptors (Lipinski definition) is 2. The van der Waals surface area contributed by atoms with Crippen molar-refractivity contribution in [3.05, 3.63) is 24.8 Å². The Balaban J connectivity index is 3.17. The lowest BCUT2D eigenvalue weighted by Crippen LogP contribution is -2.48. The number of allylic oxidation sites excluding steroid dienone is 1. The molecule has 0 heterocycles. The minimum absolute atomic E-state index is 0.0304. The van der Waals surface area contributed by atoms with E-state index in [0.717, 1.165) is 18.4 Å². The van der Waals surface area contributed by atoms with Crippen LogP contribution in [-0.2, 0) is 9.53 Å². The molecule has 0 bridgehead atoms. The molecular formula is C17H28O2. The summed E-state index contributed by atoms with van der Waals surface area (Å²) in [6, 6.07) is 0. The Labute approximate surface area is 117 Å². The van der Waals surface area contributed by atoms with E-state index in [1.807, 2.05) is 13.0 Å². The monoisotopic (exact) mass is 264 g/mol. The Hall–Kier alpha value is -1.05. The molecule has 0 aromatic carbocycles. The molecule has 0 radical (unpaired) electrons. The molecule has 1 fully saturated rings. The van der Waals surface area contributed by atoms with Crippen molar-refractivity contribution in [3.8, 4) is 0 Å². The van der Waals surface area contributed by atoms with Gasteiger partial charge >= 0.3 is 5.97 Å². The van der Waals surface area contributed by atoms with Gasteiger partial charge in [0.2, 0.25) is 0 Å². The lowest BCUT2D eigenvalue weighted by atomic mass is 9.59. The van der Waals surface area contributed by atoms with E-state index in [1.165, 1.54) is 6.92 Å². The average molecular weight is 264 g/mol. The quantitative estimate of drug-likeness (QED) is 0.557. The predicted octanol–water partition coefficient (Wildman–Crippen LogP) is 4.37. The maximum Gasteiger partial charge on any atom is 0.302 e. The second kappa shape index (κ2) is 5.94. The lowest BCUT2D eigenvalue weighted by Gasteiger charge is -2.49. The van der Waals surface area contributed by atoms with E-state index < -0.39 is 0 Å². The van der Waals surface area contributed by atoms with E-state index in [-0.39, 0.29) is 23.4 Å². The maximum absolute atomic E-state index is 11.5. The first kappa shape index (κ1) is 16.0. The summed E-state index contributed by atoms with van der Waals surface area (Å²) in [5, 5.41) is 0. The van der Waals surface area contributed by atoms with Gasteiger partial charge in [-0.2, -0.15) is 0 Å². The van der Waals surface area contributed by atoms with E-state index in [1.54, 1.807) is 0 Å². The van der Waals surface area contributed by atoms with Crippen molar-refractivity contribution in [3.63, 3.8) is 0 Å². The van der Waals surface area contributed by atoms with Crippen molar-refractivity contribution < 1.29 is 9.53 Å². The molecule has 1 rings (SSSR count). The Bertz CT molecular complexity index is 369. The van der Waals surface area contributed by atoms with Gasteiger partial charge in [0.15, 0.2) is 0 Å². The zero-order chi connectivity index (χ0) is 14.8. The summed E-state index contributed by atoms with van der Waals surface area (Å²) in [4.78, 5) is 11.5. The highest BCUT2D eigenvalue weighted by atomic mass is 16.5. The zero-order valence-corrected chi connectivity index (χ0v) is 13.0.